The molecule has 0 saturated carbocycles. The molecule has 0 fully saturated rings. The lowest BCUT2D eigenvalue weighted by atomic mass is 9.98. The van der Waals surface area contributed by atoms with Crippen LogP contribution in [-0.2, 0) is 20.9 Å². The normalized spacial score (nSPS) is 12.8. The van der Waals surface area contributed by atoms with Crippen LogP contribution in [0.15, 0.2) is 78.9 Å². The van der Waals surface area contributed by atoms with Crippen LogP contribution in [-0.4, -0.2) is 47.2 Å². The van der Waals surface area contributed by atoms with Crippen molar-refractivity contribution in [3.8, 4) is 11.1 Å². The molecular formula is C30H32N2O5. The van der Waals surface area contributed by atoms with Gasteiger partial charge in [0, 0.05) is 31.5 Å². The first-order chi connectivity index (χ1) is 17.9. The molecule has 1 unspecified atom stereocenters. The van der Waals surface area contributed by atoms with Crippen molar-refractivity contribution in [2.24, 2.45) is 0 Å². The number of alkyl carbamates (subject to hydrolysis) is 1. The van der Waals surface area contributed by atoms with E-state index < -0.39 is 12.1 Å². The van der Waals surface area contributed by atoms with Crippen LogP contribution >= 0.6 is 0 Å². The van der Waals surface area contributed by atoms with Gasteiger partial charge < -0.3 is 20.1 Å². The molecule has 2 amide bonds. The minimum absolute atomic E-state index is 0.0178. The molecule has 0 heterocycles. The third-order valence-corrected chi connectivity index (χ3v) is 6.66. The van der Waals surface area contributed by atoms with Crippen LogP contribution in [0.5, 0.6) is 0 Å². The Bertz CT molecular complexity index is 1200. The predicted octanol–water partition coefficient (Wildman–Crippen LogP) is 5.20. The lowest BCUT2D eigenvalue weighted by Crippen LogP contribution is -2.36. The summed E-state index contributed by atoms with van der Waals surface area (Å²) in [5.41, 5.74) is 5.57. The first-order valence-electron chi connectivity index (χ1n) is 12.6. The molecule has 7 heteroatoms. The minimum Gasteiger partial charge on any atom is -0.481 e. The van der Waals surface area contributed by atoms with Crippen molar-refractivity contribution in [1.29, 1.82) is 0 Å². The molecule has 37 heavy (non-hydrogen) atoms. The highest BCUT2D eigenvalue weighted by Gasteiger charge is 2.29. The number of carbonyl (C=O) groups is 3. The Hall–Kier alpha value is -4.13. The zero-order chi connectivity index (χ0) is 26.2. The van der Waals surface area contributed by atoms with E-state index in [0.29, 0.717) is 13.0 Å². The van der Waals surface area contributed by atoms with Crippen LogP contribution in [0.4, 0.5) is 4.79 Å². The van der Waals surface area contributed by atoms with Crippen molar-refractivity contribution >= 4 is 18.0 Å². The highest BCUT2D eigenvalue weighted by Crippen LogP contribution is 2.44. The lowest BCUT2D eigenvalue weighted by molar-refractivity contribution is -0.138. The first kappa shape index (κ1) is 25.9. The smallest absolute Gasteiger partial charge is 0.407 e. The molecule has 3 aromatic carbocycles. The number of amides is 2. The number of carboxylic acid groups (broad SMARTS) is 1. The number of nitrogens with zero attached hydrogens (tertiary/aromatic N) is 1. The van der Waals surface area contributed by atoms with Crippen LogP contribution < -0.4 is 5.32 Å². The van der Waals surface area contributed by atoms with Crippen LogP contribution in [0.1, 0.15) is 48.8 Å². The van der Waals surface area contributed by atoms with Gasteiger partial charge in [-0.1, -0.05) is 78.9 Å². The maximum Gasteiger partial charge on any atom is 0.407 e. The second-order valence-corrected chi connectivity index (χ2v) is 9.35. The Labute approximate surface area is 217 Å². The summed E-state index contributed by atoms with van der Waals surface area (Å²) in [4.78, 5) is 38.0. The van der Waals surface area contributed by atoms with Gasteiger partial charge in [0.25, 0.3) is 0 Å². The Balaban J connectivity index is 1.27. The number of ether oxygens (including phenoxy) is 1. The number of hydrogen-bond acceptors (Lipinski definition) is 4. The second kappa shape index (κ2) is 12.2. The molecule has 1 atom stereocenters. The molecule has 3 aromatic rings. The van der Waals surface area contributed by atoms with E-state index in [4.69, 9.17) is 9.84 Å². The molecule has 4 rings (SSSR count). The molecule has 1 aliphatic carbocycles. The van der Waals surface area contributed by atoms with E-state index in [1.807, 2.05) is 61.5 Å². The molecule has 0 spiro atoms. The number of benzene rings is 3. The predicted molar refractivity (Wildman–Crippen MR) is 141 cm³/mol. The van der Waals surface area contributed by atoms with Gasteiger partial charge >= 0.3 is 12.1 Å². The average molecular weight is 501 g/mol. The van der Waals surface area contributed by atoms with Gasteiger partial charge in [-0.15, -0.1) is 0 Å². The zero-order valence-electron chi connectivity index (χ0n) is 20.9. The maximum atomic E-state index is 12.9. The summed E-state index contributed by atoms with van der Waals surface area (Å²) in [7, 11) is 0. The van der Waals surface area contributed by atoms with Gasteiger partial charge in [-0.25, -0.2) is 4.79 Å². The third kappa shape index (κ3) is 6.76. The number of nitrogens with one attached hydrogen (secondary N) is 1. The number of hydrogen-bond donors (Lipinski definition) is 2. The minimum atomic E-state index is -0.948. The van der Waals surface area contributed by atoms with Gasteiger partial charge in [0.2, 0.25) is 5.91 Å². The van der Waals surface area contributed by atoms with Gasteiger partial charge in [-0.2, -0.15) is 0 Å². The van der Waals surface area contributed by atoms with Gasteiger partial charge in [0.1, 0.15) is 6.61 Å². The van der Waals surface area contributed by atoms with E-state index >= 15 is 0 Å². The fourth-order valence-electron chi connectivity index (χ4n) is 4.74. The molecular weight excluding hydrogens is 468 g/mol. The fraction of sp³-hybridized carbons (Fsp3) is 0.300. The maximum absolute atomic E-state index is 12.9. The summed E-state index contributed by atoms with van der Waals surface area (Å²) >= 11 is 0. The van der Waals surface area contributed by atoms with Gasteiger partial charge in [-0.3, -0.25) is 9.59 Å². The third-order valence-electron chi connectivity index (χ3n) is 6.66. The highest BCUT2D eigenvalue weighted by atomic mass is 16.5. The van der Waals surface area contributed by atoms with Crippen molar-refractivity contribution in [1.82, 2.24) is 10.2 Å². The summed E-state index contributed by atoms with van der Waals surface area (Å²) in [6.45, 7) is 2.54. The van der Waals surface area contributed by atoms with Crippen molar-refractivity contribution in [3.63, 3.8) is 0 Å². The van der Waals surface area contributed by atoms with Crippen molar-refractivity contribution in [2.45, 2.75) is 44.7 Å². The summed E-state index contributed by atoms with van der Waals surface area (Å²) in [5, 5.41) is 11.9. The van der Waals surface area contributed by atoms with Gasteiger partial charge in [0.05, 0.1) is 6.42 Å². The van der Waals surface area contributed by atoms with Crippen molar-refractivity contribution in [3.05, 3.63) is 95.6 Å². The number of fused-ring (bicyclic) bond motifs is 3. The summed E-state index contributed by atoms with van der Waals surface area (Å²) in [6, 6.07) is 25.5. The van der Waals surface area contributed by atoms with E-state index in [0.717, 1.165) is 16.7 Å². The van der Waals surface area contributed by atoms with E-state index in [1.165, 1.54) is 11.1 Å². The second-order valence-electron chi connectivity index (χ2n) is 9.35. The molecule has 1 aliphatic rings. The molecule has 0 aromatic heterocycles. The van der Waals surface area contributed by atoms with Crippen LogP contribution in [0.3, 0.4) is 0 Å². The van der Waals surface area contributed by atoms with E-state index in [9.17, 15) is 14.4 Å². The molecule has 0 saturated heterocycles. The fourth-order valence-corrected chi connectivity index (χ4v) is 4.74. The lowest BCUT2D eigenvalue weighted by Gasteiger charge is -2.23. The molecule has 192 valence electrons. The van der Waals surface area contributed by atoms with Crippen LogP contribution in [0, 0.1) is 0 Å². The molecule has 0 bridgehead atoms. The Morgan fingerprint density at radius 1 is 0.892 bits per heavy atom. The summed E-state index contributed by atoms with van der Waals surface area (Å²) in [6.07, 6.45) is -0.0287. The van der Waals surface area contributed by atoms with E-state index in [1.54, 1.807) is 4.90 Å². The van der Waals surface area contributed by atoms with Crippen LogP contribution in [0.25, 0.3) is 11.1 Å². The molecule has 2 N–H and O–H groups in total. The van der Waals surface area contributed by atoms with Crippen molar-refractivity contribution < 1.29 is 24.2 Å². The SMILES string of the molecule is CC(CCC(=O)N(CCC(=O)O)Cc1ccccc1)NC(=O)OCC1c2ccccc2-c2ccccc21. The molecule has 7 nitrogen and oxygen atoms in total. The number of rotatable bonds is 11. The molecule has 0 aliphatic heterocycles. The largest absolute Gasteiger partial charge is 0.481 e. The van der Waals surface area contributed by atoms with Gasteiger partial charge in [0.15, 0.2) is 0 Å². The Morgan fingerprint density at radius 3 is 2.11 bits per heavy atom. The summed E-state index contributed by atoms with van der Waals surface area (Å²) < 4.78 is 5.60. The Kier molecular flexibility index (Phi) is 8.56. The zero-order valence-corrected chi connectivity index (χ0v) is 20.9. The van der Waals surface area contributed by atoms with E-state index in [2.05, 4.69) is 29.6 Å². The molecule has 0 radical (unpaired) electrons. The Morgan fingerprint density at radius 2 is 1.49 bits per heavy atom. The first-order valence-corrected chi connectivity index (χ1v) is 12.6. The number of aliphatic carboxylic acids is 1. The van der Waals surface area contributed by atoms with E-state index in [-0.39, 0.29) is 43.9 Å². The standard InChI is InChI=1S/C30H32N2O5/c1-21(15-16-28(33)32(18-17-29(34)35)19-22-9-3-2-4-10-22)31-30(36)37-20-27-25-13-7-5-11-23(25)24-12-6-8-14-26(24)27/h2-14,21,27H,15-20H2,1H3,(H,31,36)(H,34,35). The van der Waals surface area contributed by atoms with Crippen LogP contribution in [0.2, 0.25) is 0 Å². The van der Waals surface area contributed by atoms with Crippen molar-refractivity contribution in [2.75, 3.05) is 13.2 Å². The monoisotopic (exact) mass is 500 g/mol. The average Bonchev–Trinajstić information content (AvgIpc) is 3.22. The summed E-state index contributed by atoms with van der Waals surface area (Å²) in [5.74, 6) is -1.11. The topological polar surface area (TPSA) is 95.9 Å². The highest BCUT2D eigenvalue weighted by molar-refractivity contribution is 5.79. The quantitative estimate of drug-likeness (QED) is 0.377. The number of carbonyl (C=O) groups excluding carboxylic acids is 2. The van der Waals surface area contributed by atoms with Gasteiger partial charge in [-0.05, 0) is 41.2 Å². The number of carboxylic acids is 1.